The van der Waals surface area contributed by atoms with E-state index in [0.717, 1.165) is 16.8 Å². The Kier molecular flexibility index (Phi) is 3.55. The van der Waals surface area contributed by atoms with Crippen molar-refractivity contribution in [2.24, 2.45) is 5.11 Å². The zero-order chi connectivity index (χ0) is 14.7. The third-order valence-electron chi connectivity index (χ3n) is 3.04. The lowest BCUT2D eigenvalue weighted by Gasteiger charge is -2.07. The monoisotopic (exact) mass is 294 g/mol. The molecule has 102 valence electrons. The molecule has 0 aliphatic carbocycles. The van der Waals surface area contributed by atoms with Gasteiger partial charge in [0.1, 0.15) is 4.88 Å². The number of nitrogens with zero attached hydrogens (tertiary/aromatic N) is 4. The number of azide groups is 1. The molecule has 0 radical (unpaired) electrons. The molecule has 1 aromatic carbocycles. The van der Waals surface area contributed by atoms with Crippen LogP contribution in [-0.2, 0) is 0 Å². The van der Waals surface area contributed by atoms with Gasteiger partial charge in [-0.05, 0) is 28.3 Å². The maximum Gasteiger partial charge on any atom is 0.261 e. The van der Waals surface area contributed by atoms with Gasteiger partial charge in [-0.15, -0.1) is 11.3 Å². The van der Waals surface area contributed by atoms with Crippen molar-refractivity contribution in [2.45, 2.75) is 0 Å². The summed E-state index contributed by atoms with van der Waals surface area (Å²) in [7, 11) is 0. The summed E-state index contributed by atoms with van der Waals surface area (Å²) in [5, 5.41) is 5.12. The molecule has 0 saturated heterocycles. The summed E-state index contributed by atoms with van der Waals surface area (Å²) >= 11 is 1.28. The molecule has 0 aliphatic rings. The fourth-order valence-electron chi connectivity index (χ4n) is 2.15. The van der Waals surface area contributed by atoms with Gasteiger partial charge in [-0.1, -0.05) is 30.3 Å². The van der Waals surface area contributed by atoms with Crippen molar-refractivity contribution < 1.29 is 4.79 Å². The van der Waals surface area contributed by atoms with Crippen LogP contribution in [0.2, 0.25) is 0 Å². The van der Waals surface area contributed by atoms with Crippen molar-refractivity contribution in [3.05, 3.63) is 75.6 Å². The van der Waals surface area contributed by atoms with E-state index >= 15 is 0 Å². The number of carbonyl (C=O) groups excluding carboxylic acids is 1. The first-order valence-corrected chi connectivity index (χ1v) is 7.09. The molecule has 5 nitrogen and oxygen atoms in total. The second-order valence-electron chi connectivity index (χ2n) is 4.28. The van der Waals surface area contributed by atoms with E-state index in [1.165, 1.54) is 11.3 Å². The third kappa shape index (κ3) is 2.45. The summed E-state index contributed by atoms with van der Waals surface area (Å²) in [5.41, 5.74) is 11.2. The molecule has 0 aliphatic heterocycles. The first kappa shape index (κ1) is 13.2. The number of carbonyl (C=O) groups is 1. The molecule has 0 atom stereocenters. The Balaban J connectivity index is 2.23. The maximum absolute atomic E-state index is 12.0. The minimum atomic E-state index is -0.562. The van der Waals surface area contributed by atoms with E-state index in [1.807, 2.05) is 64.8 Å². The fourth-order valence-corrected chi connectivity index (χ4v) is 3.10. The number of hydrogen-bond acceptors (Lipinski definition) is 2. The van der Waals surface area contributed by atoms with Crippen LogP contribution < -0.4 is 0 Å². The molecule has 2 aromatic heterocycles. The second kappa shape index (κ2) is 5.66. The lowest BCUT2D eigenvalue weighted by molar-refractivity contribution is 0.100. The zero-order valence-electron chi connectivity index (χ0n) is 10.9. The molecular weight excluding hydrogens is 284 g/mol. The highest BCUT2D eigenvalue weighted by molar-refractivity contribution is 7.13. The van der Waals surface area contributed by atoms with Gasteiger partial charge in [0, 0.05) is 28.2 Å². The Labute approximate surface area is 124 Å². The minimum Gasteiger partial charge on any atom is -0.322 e. The molecule has 0 N–H and O–H groups in total. The average molecular weight is 294 g/mol. The van der Waals surface area contributed by atoms with Crippen LogP contribution >= 0.6 is 11.3 Å². The molecule has 1 amide bonds. The first-order valence-electron chi connectivity index (χ1n) is 6.21. The topological polar surface area (TPSA) is 70.8 Å². The molecule has 0 spiro atoms. The predicted molar refractivity (Wildman–Crippen MR) is 82.6 cm³/mol. The van der Waals surface area contributed by atoms with Crippen molar-refractivity contribution in [3.63, 3.8) is 0 Å². The molecule has 6 heteroatoms. The van der Waals surface area contributed by atoms with Gasteiger partial charge in [-0.25, -0.2) is 0 Å². The number of aromatic nitrogens is 1. The number of hydrogen-bond donors (Lipinski definition) is 0. The van der Waals surface area contributed by atoms with Crippen LogP contribution in [0, 0.1) is 0 Å². The minimum absolute atomic E-state index is 0.433. The summed E-state index contributed by atoms with van der Waals surface area (Å²) in [5.74, 6) is -0.562. The smallest absolute Gasteiger partial charge is 0.261 e. The van der Waals surface area contributed by atoms with E-state index in [-0.39, 0.29) is 0 Å². The zero-order valence-corrected chi connectivity index (χ0v) is 11.7. The lowest BCUT2D eigenvalue weighted by atomic mass is 10.1. The molecule has 3 rings (SSSR count). The SMILES string of the molecule is [N-]=[N+]=NC(=O)c1scc(-c2ccccc2)c1-n1cccc1. The summed E-state index contributed by atoms with van der Waals surface area (Å²) in [6.45, 7) is 0. The Bertz CT molecular complexity index is 815. The summed E-state index contributed by atoms with van der Waals surface area (Å²) < 4.78 is 1.86. The van der Waals surface area contributed by atoms with Crippen LogP contribution in [0.4, 0.5) is 0 Å². The highest BCUT2D eigenvalue weighted by atomic mass is 32.1. The number of benzene rings is 1. The van der Waals surface area contributed by atoms with Crippen molar-refractivity contribution in [2.75, 3.05) is 0 Å². The Morgan fingerprint density at radius 2 is 1.86 bits per heavy atom. The lowest BCUT2D eigenvalue weighted by Crippen LogP contribution is -1.99. The number of amides is 1. The molecule has 3 aromatic rings. The van der Waals surface area contributed by atoms with Gasteiger partial charge >= 0.3 is 0 Å². The Morgan fingerprint density at radius 3 is 2.52 bits per heavy atom. The van der Waals surface area contributed by atoms with Crippen LogP contribution in [0.25, 0.3) is 27.3 Å². The van der Waals surface area contributed by atoms with Gasteiger partial charge in [0.25, 0.3) is 5.91 Å². The van der Waals surface area contributed by atoms with Gasteiger partial charge in [0.05, 0.1) is 5.69 Å². The summed E-state index contributed by atoms with van der Waals surface area (Å²) in [4.78, 5) is 15.0. The van der Waals surface area contributed by atoms with Gasteiger partial charge in [0.15, 0.2) is 0 Å². The van der Waals surface area contributed by atoms with E-state index < -0.39 is 5.91 Å². The van der Waals surface area contributed by atoms with E-state index in [4.69, 9.17) is 5.53 Å². The van der Waals surface area contributed by atoms with Crippen LogP contribution in [0.1, 0.15) is 9.67 Å². The normalized spacial score (nSPS) is 10.1. The van der Waals surface area contributed by atoms with Crippen molar-refractivity contribution in [1.29, 1.82) is 0 Å². The Hall–Kier alpha value is -2.82. The highest BCUT2D eigenvalue weighted by Crippen LogP contribution is 2.35. The Morgan fingerprint density at radius 1 is 1.14 bits per heavy atom. The van der Waals surface area contributed by atoms with E-state index in [0.29, 0.717) is 4.88 Å². The van der Waals surface area contributed by atoms with Crippen molar-refractivity contribution in [3.8, 4) is 16.8 Å². The summed E-state index contributed by atoms with van der Waals surface area (Å²) in [6.07, 6.45) is 3.72. The van der Waals surface area contributed by atoms with Crippen LogP contribution in [0.15, 0.2) is 65.4 Å². The van der Waals surface area contributed by atoms with E-state index in [2.05, 4.69) is 10.0 Å². The molecule has 0 unspecified atom stereocenters. The van der Waals surface area contributed by atoms with Gasteiger partial charge in [-0.3, -0.25) is 4.79 Å². The second-order valence-corrected chi connectivity index (χ2v) is 5.16. The molecule has 21 heavy (non-hydrogen) atoms. The van der Waals surface area contributed by atoms with Crippen LogP contribution in [0.3, 0.4) is 0 Å². The summed E-state index contributed by atoms with van der Waals surface area (Å²) in [6, 6.07) is 13.6. The van der Waals surface area contributed by atoms with Gasteiger partial charge in [-0.2, -0.15) is 0 Å². The van der Waals surface area contributed by atoms with E-state index in [1.54, 1.807) is 0 Å². The molecule has 0 fully saturated rings. The molecule has 0 bridgehead atoms. The molecule has 0 saturated carbocycles. The third-order valence-corrected chi connectivity index (χ3v) is 4.00. The number of thiophene rings is 1. The van der Waals surface area contributed by atoms with E-state index in [9.17, 15) is 4.79 Å². The van der Waals surface area contributed by atoms with Gasteiger partial charge < -0.3 is 4.57 Å². The van der Waals surface area contributed by atoms with Crippen LogP contribution in [-0.4, -0.2) is 10.5 Å². The molecule has 2 heterocycles. The van der Waals surface area contributed by atoms with Crippen LogP contribution in [0.5, 0.6) is 0 Å². The predicted octanol–water partition coefficient (Wildman–Crippen LogP) is 4.66. The largest absolute Gasteiger partial charge is 0.322 e. The molecular formula is C15H10N4OS. The standard InChI is InChI=1S/C15H10N4OS/c16-18-17-15(20)14-13(19-8-4-5-9-19)12(10-21-14)11-6-2-1-3-7-11/h1-10H. The number of rotatable bonds is 3. The average Bonchev–Trinajstić information content (AvgIpc) is 3.17. The maximum atomic E-state index is 12.0. The highest BCUT2D eigenvalue weighted by Gasteiger charge is 2.19. The fraction of sp³-hybridized carbons (Fsp3) is 0. The van der Waals surface area contributed by atoms with Gasteiger partial charge in [0.2, 0.25) is 0 Å². The van der Waals surface area contributed by atoms with Crippen molar-refractivity contribution >= 4 is 17.2 Å². The van der Waals surface area contributed by atoms with Crippen molar-refractivity contribution in [1.82, 2.24) is 4.57 Å². The quantitative estimate of drug-likeness (QED) is 0.393. The first-order chi connectivity index (χ1) is 10.3.